The third-order valence-corrected chi connectivity index (χ3v) is 3.66. The first-order valence-corrected chi connectivity index (χ1v) is 7.70. The summed E-state index contributed by atoms with van der Waals surface area (Å²) in [5, 5.41) is 0. The van der Waals surface area contributed by atoms with Crippen LogP contribution in [0.2, 0.25) is 0 Å². The molecule has 0 aliphatic heterocycles. The fraction of sp³-hybridized carbons (Fsp3) is 0.143. The van der Waals surface area contributed by atoms with E-state index in [2.05, 4.69) is 48.5 Å². The van der Waals surface area contributed by atoms with Crippen molar-refractivity contribution in [3.05, 3.63) is 102 Å². The zero-order valence-electron chi connectivity index (χ0n) is 12.6. The summed E-state index contributed by atoms with van der Waals surface area (Å²) >= 11 is 0. The van der Waals surface area contributed by atoms with Crippen molar-refractivity contribution in [2.75, 3.05) is 0 Å². The average Bonchev–Trinajstić information content (AvgIpc) is 2.57. The third kappa shape index (κ3) is 4.23. The molecular formula is C21H20O. The van der Waals surface area contributed by atoms with Gasteiger partial charge in [0.2, 0.25) is 0 Å². The quantitative estimate of drug-likeness (QED) is 0.625. The van der Waals surface area contributed by atoms with Crippen molar-refractivity contribution >= 4 is 0 Å². The zero-order chi connectivity index (χ0) is 15.0. The largest absolute Gasteiger partial charge is 0.490 e. The summed E-state index contributed by atoms with van der Waals surface area (Å²) in [4.78, 5) is 0. The monoisotopic (exact) mass is 288 g/mol. The average molecular weight is 288 g/mol. The van der Waals surface area contributed by atoms with Crippen LogP contribution in [0.25, 0.3) is 0 Å². The molecule has 0 heterocycles. The summed E-state index contributed by atoms with van der Waals surface area (Å²) in [6.07, 6.45) is 1.95. The van der Waals surface area contributed by atoms with E-state index in [0.29, 0.717) is 0 Å². The lowest BCUT2D eigenvalue weighted by molar-refractivity contribution is 0.202. The Kier molecular flexibility index (Phi) is 4.88. The Balaban J connectivity index is 1.75. The van der Waals surface area contributed by atoms with Gasteiger partial charge in [-0.05, 0) is 23.3 Å². The molecule has 0 aromatic heterocycles. The predicted molar refractivity (Wildman–Crippen MR) is 91.2 cm³/mol. The minimum atomic E-state index is 0.132. The van der Waals surface area contributed by atoms with Crippen LogP contribution in [0.1, 0.15) is 11.1 Å². The lowest BCUT2D eigenvalue weighted by Gasteiger charge is -2.19. The molecule has 0 atom stereocenters. The van der Waals surface area contributed by atoms with Gasteiger partial charge < -0.3 is 4.74 Å². The lowest BCUT2D eigenvalue weighted by Crippen LogP contribution is -2.22. The van der Waals surface area contributed by atoms with E-state index in [9.17, 15) is 0 Å². The van der Waals surface area contributed by atoms with Crippen LogP contribution >= 0.6 is 0 Å². The van der Waals surface area contributed by atoms with Crippen LogP contribution in [0.3, 0.4) is 0 Å². The second-order valence-corrected chi connectivity index (χ2v) is 5.43. The molecule has 1 heteroatoms. The van der Waals surface area contributed by atoms with Gasteiger partial charge in [0, 0.05) is 12.8 Å². The van der Waals surface area contributed by atoms with Gasteiger partial charge in [0.05, 0.1) is 0 Å². The minimum Gasteiger partial charge on any atom is -0.490 e. The van der Waals surface area contributed by atoms with Gasteiger partial charge in [0.1, 0.15) is 11.9 Å². The molecule has 0 bridgehead atoms. The highest BCUT2D eigenvalue weighted by Crippen LogP contribution is 2.17. The number of hydrogen-bond acceptors (Lipinski definition) is 1. The summed E-state index contributed by atoms with van der Waals surface area (Å²) < 4.78 is 6.22. The van der Waals surface area contributed by atoms with E-state index in [0.717, 1.165) is 18.6 Å². The zero-order valence-corrected chi connectivity index (χ0v) is 12.6. The van der Waals surface area contributed by atoms with Crippen LogP contribution in [0.4, 0.5) is 0 Å². The van der Waals surface area contributed by atoms with Crippen LogP contribution in [0.15, 0.2) is 91.0 Å². The van der Waals surface area contributed by atoms with E-state index in [4.69, 9.17) is 4.74 Å². The Bertz CT molecular complexity index is 563. The highest BCUT2D eigenvalue weighted by molar-refractivity contribution is 5.24. The Morgan fingerprint density at radius 1 is 0.545 bits per heavy atom. The highest BCUT2D eigenvalue weighted by atomic mass is 16.5. The number of hydrogen-bond donors (Lipinski definition) is 0. The summed E-state index contributed by atoms with van der Waals surface area (Å²) in [5.41, 5.74) is 2.61. The third-order valence-electron chi connectivity index (χ3n) is 3.66. The lowest BCUT2D eigenvalue weighted by atomic mass is 10.0. The summed E-state index contributed by atoms with van der Waals surface area (Å²) in [5.74, 6) is 0.930. The van der Waals surface area contributed by atoms with Gasteiger partial charge in [-0.1, -0.05) is 78.9 Å². The van der Waals surface area contributed by atoms with Gasteiger partial charge in [-0.25, -0.2) is 0 Å². The van der Waals surface area contributed by atoms with Crippen molar-refractivity contribution in [3.63, 3.8) is 0 Å². The van der Waals surface area contributed by atoms with Crippen molar-refractivity contribution in [2.45, 2.75) is 18.9 Å². The van der Waals surface area contributed by atoms with Crippen molar-refractivity contribution < 1.29 is 4.74 Å². The smallest absolute Gasteiger partial charge is 0.119 e. The summed E-state index contributed by atoms with van der Waals surface area (Å²) in [6.45, 7) is 0. The van der Waals surface area contributed by atoms with E-state index in [1.807, 2.05) is 42.5 Å². The van der Waals surface area contributed by atoms with Crippen LogP contribution in [-0.4, -0.2) is 6.10 Å². The molecular weight excluding hydrogens is 268 g/mol. The Morgan fingerprint density at radius 2 is 0.955 bits per heavy atom. The second kappa shape index (κ2) is 7.46. The molecule has 0 fully saturated rings. The SMILES string of the molecule is c1ccc(CC(Cc2ccccc2)Oc2ccccc2)cc1. The molecule has 22 heavy (non-hydrogen) atoms. The van der Waals surface area contributed by atoms with E-state index < -0.39 is 0 Å². The molecule has 0 unspecified atom stereocenters. The van der Waals surface area contributed by atoms with Gasteiger partial charge in [-0.15, -0.1) is 0 Å². The molecule has 0 amide bonds. The van der Waals surface area contributed by atoms with Crippen molar-refractivity contribution in [1.82, 2.24) is 0 Å². The summed E-state index contributed by atoms with van der Waals surface area (Å²) in [6, 6.07) is 31.1. The molecule has 0 aliphatic carbocycles. The number of para-hydroxylation sites is 1. The van der Waals surface area contributed by atoms with E-state index in [1.165, 1.54) is 11.1 Å². The molecule has 0 spiro atoms. The molecule has 110 valence electrons. The van der Waals surface area contributed by atoms with Crippen LogP contribution in [0, 0.1) is 0 Å². The molecule has 0 N–H and O–H groups in total. The fourth-order valence-corrected chi connectivity index (χ4v) is 2.60. The molecule has 3 aromatic carbocycles. The number of ether oxygens (including phenoxy) is 1. The standard InChI is InChI=1S/C21H20O/c1-4-10-18(11-5-1)16-21(17-19-12-6-2-7-13-19)22-20-14-8-3-9-15-20/h1-15,21H,16-17H2. The van der Waals surface area contributed by atoms with Gasteiger partial charge in [0.25, 0.3) is 0 Å². The molecule has 0 aliphatic rings. The molecule has 1 nitrogen and oxygen atoms in total. The van der Waals surface area contributed by atoms with Crippen LogP contribution in [0.5, 0.6) is 5.75 Å². The summed E-state index contributed by atoms with van der Waals surface area (Å²) in [7, 11) is 0. The van der Waals surface area contributed by atoms with Gasteiger partial charge >= 0.3 is 0 Å². The van der Waals surface area contributed by atoms with E-state index in [-0.39, 0.29) is 6.10 Å². The first-order valence-electron chi connectivity index (χ1n) is 7.70. The first-order chi connectivity index (χ1) is 10.9. The van der Waals surface area contributed by atoms with Crippen molar-refractivity contribution in [2.24, 2.45) is 0 Å². The second-order valence-electron chi connectivity index (χ2n) is 5.43. The number of rotatable bonds is 6. The predicted octanol–water partition coefficient (Wildman–Crippen LogP) is 4.92. The van der Waals surface area contributed by atoms with Crippen molar-refractivity contribution in [3.8, 4) is 5.75 Å². The maximum atomic E-state index is 6.22. The van der Waals surface area contributed by atoms with Gasteiger partial charge in [-0.2, -0.15) is 0 Å². The molecule has 0 saturated carbocycles. The Morgan fingerprint density at radius 3 is 1.41 bits per heavy atom. The highest BCUT2D eigenvalue weighted by Gasteiger charge is 2.12. The van der Waals surface area contributed by atoms with E-state index >= 15 is 0 Å². The maximum Gasteiger partial charge on any atom is 0.119 e. The first kappa shape index (κ1) is 14.4. The number of benzene rings is 3. The molecule has 0 radical (unpaired) electrons. The van der Waals surface area contributed by atoms with Crippen LogP contribution < -0.4 is 4.74 Å². The van der Waals surface area contributed by atoms with Gasteiger partial charge in [-0.3, -0.25) is 0 Å². The maximum absolute atomic E-state index is 6.22. The van der Waals surface area contributed by atoms with E-state index in [1.54, 1.807) is 0 Å². The minimum absolute atomic E-state index is 0.132. The fourth-order valence-electron chi connectivity index (χ4n) is 2.60. The molecule has 3 aromatic rings. The topological polar surface area (TPSA) is 9.23 Å². The Labute approximate surface area is 132 Å². The molecule has 3 rings (SSSR count). The molecule has 0 saturated heterocycles. The van der Waals surface area contributed by atoms with Crippen LogP contribution in [-0.2, 0) is 12.8 Å². The van der Waals surface area contributed by atoms with Crippen molar-refractivity contribution in [1.29, 1.82) is 0 Å². The van der Waals surface area contributed by atoms with Gasteiger partial charge in [0.15, 0.2) is 0 Å². The Hall–Kier alpha value is -2.54. The normalized spacial score (nSPS) is 10.6.